The topological polar surface area (TPSA) is 41.3 Å². The maximum absolute atomic E-state index is 5.43. The minimum absolute atomic E-state index is 0.751. The fourth-order valence-electron chi connectivity index (χ4n) is 2.20. The summed E-state index contributed by atoms with van der Waals surface area (Å²) in [5.41, 5.74) is 2.32. The van der Waals surface area contributed by atoms with E-state index in [0.29, 0.717) is 0 Å². The van der Waals surface area contributed by atoms with E-state index in [-0.39, 0.29) is 0 Å². The van der Waals surface area contributed by atoms with E-state index in [4.69, 9.17) is 4.42 Å². The van der Waals surface area contributed by atoms with Crippen LogP contribution in [0.15, 0.2) is 34.9 Å². The molecule has 0 saturated carbocycles. The predicted octanol–water partition coefficient (Wildman–Crippen LogP) is 3.12. The number of aryl methyl sites for hydroxylation is 1. The van der Waals surface area contributed by atoms with Crippen molar-refractivity contribution in [2.45, 2.75) is 33.9 Å². The molecule has 108 valence electrons. The number of hydrogen-bond acceptors (Lipinski definition) is 4. The molecule has 0 atom stereocenters. The number of pyridine rings is 1. The number of furan rings is 1. The van der Waals surface area contributed by atoms with Crippen LogP contribution in [0.5, 0.6) is 0 Å². The highest BCUT2D eigenvalue weighted by Crippen LogP contribution is 2.18. The summed E-state index contributed by atoms with van der Waals surface area (Å²) >= 11 is 0. The predicted molar refractivity (Wildman–Crippen MR) is 81.8 cm³/mol. The lowest BCUT2D eigenvalue weighted by Gasteiger charge is -2.22. The molecular formula is C16H23N3O. The molecule has 0 aromatic carbocycles. The van der Waals surface area contributed by atoms with Crippen LogP contribution in [0.3, 0.4) is 0 Å². The van der Waals surface area contributed by atoms with Gasteiger partial charge in [-0.15, -0.1) is 0 Å². The molecule has 0 aliphatic rings. The van der Waals surface area contributed by atoms with E-state index in [1.54, 1.807) is 6.26 Å². The van der Waals surface area contributed by atoms with Crippen LogP contribution in [0.1, 0.15) is 30.9 Å². The second-order valence-electron chi connectivity index (χ2n) is 4.85. The molecule has 0 unspecified atom stereocenters. The van der Waals surface area contributed by atoms with Gasteiger partial charge in [-0.05, 0) is 50.2 Å². The van der Waals surface area contributed by atoms with Crippen LogP contribution in [0, 0.1) is 6.92 Å². The number of nitrogens with zero attached hydrogens (tertiary/aromatic N) is 2. The summed E-state index contributed by atoms with van der Waals surface area (Å²) in [6, 6.07) is 8.20. The molecule has 2 aromatic heterocycles. The molecule has 1 N–H and O–H groups in total. The van der Waals surface area contributed by atoms with Crippen LogP contribution in [0.4, 0.5) is 5.82 Å². The first-order valence-electron chi connectivity index (χ1n) is 7.18. The van der Waals surface area contributed by atoms with Crippen molar-refractivity contribution < 1.29 is 4.42 Å². The van der Waals surface area contributed by atoms with E-state index in [1.165, 1.54) is 5.56 Å². The lowest BCUT2D eigenvalue weighted by atomic mass is 10.2. The van der Waals surface area contributed by atoms with Gasteiger partial charge in [0.15, 0.2) is 0 Å². The van der Waals surface area contributed by atoms with E-state index in [9.17, 15) is 0 Å². The number of aromatic nitrogens is 1. The zero-order valence-corrected chi connectivity index (χ0v) is 12.5. The zero-order chi connectivity index (χ0) is 14.4. The molecule has 2 aromatic rings. The first-order valence-corrected chi connectivity index (χ1v) is 7.18. The molecule has 4 nitrogen and oxygen atoms in total. The summed E-state index contributed by atoms with van der Waals surface area (Å²) in [5.74, 6) is 1.97. The third-order valence-electron chi connectivity index (χ3n) is 3.21. The van der Waals surface area contributed by atoms with Gasteiger partial charge in [0.2, 0.25) is 0 Å². The number of nitrogens with one attached hydrogen (secondary N) is 1. The summed E-state index contributed by atoms with van der Waals surface area (Å²) in [4.78, 5) is 6.87. The van der Waals surface area contributed by atoms with Crippen molar-refractivity contribution in [3.8, 4) is 0 Å². The molecule has 20 heavy (non-hydrogen) atoms. The van der Waals surface area contributed by atoms with Crippen molar-refractivity contribution in [3.05, 3.63) is 47.5 Å². The normalized spacial score (nSPS) is 10.8. The Hall–Kier alpha value is -1.81. The Balaban J connectivity index is 2.17. The Kier molecular flexibility index (Phi) is 5.18. The molecule has 4 heteroatoms. The van der Waals surface area contributed by atoms with Gasteiger partial charge >= 0.3 is 0 Å². The standard InChI is InChI=1S/C16H23N3O/c1-4-17-11-14-9-13(3)18-16(10-14)19(5-2)12-15-7-6-8-20-15/h6-10,17H,4-5,11-12H2,1-3H3. The maximum Gasteiger partial charge on any atom is 0.129 e. The number of anilines is 1. The molecular weight excluding hydrogens is 250 g/mol. The molecule has 0 bridgehead atoms. The molecule has 0 aliphatic carbocycles. The lowest BCUT2D eigenvalue weighted by Crippen LogP contribution is -2.23. The van der Waals surface area contributed by atoms with Crippen LogP contribution in [-0.4, -0.2) is 18.1 Å². The Bertz CT molecular complexity index is 523. The lowest BCUT2D eigenvalue weighted by molar-refractivity contribution is 0.502. The van der Waals surface area contributed by atoms with E-state index in [0.717, 1.165) is 43.5 Å². The van der Waals surface area contributed by atoms with Gasteiger partial charge < -0.3 is 14.6 Å². The minimum Gasteiger partial charge on any atom is -0.467 e. The molecule has 0 radical (unpaired) electrons. The van der Waals surface area contributed by atoms with Gasteiger partial charge in [0, 0.05) is 18.8 Å². The fraction of sp³-hybridized carbons (Fsp3) is 0.438. The van der Waals surface area contributed by atoms with Crippen LogP contribution >= 0.6 is 0 Å². The quantitative estimate of drug-likeness (QED) is 0.841. The number of rotatable bonds is 7. The average Bonchev–Trinajstić information content (AvgIpc) is 2.95. The molecule has 0 fully saturated rings. The van der Waals surface area contributed by atoms with E-state index in [2.05, 4.69) is 41.2 Å². The summed E-state index contributed by atoms with van der Waals surface area (Å²) in [6.07, 6.45) is 1.71. The van der Waals surface area contributed by atoms with E-state index < -0.39 is 0 Å². The number of hydrogen-bond donors (Lipinski definition) is 1. The Morgan fingerprint density at radius 1 is 1.30 bits per heavy atom. The molecule has 0 aliphatic heterocycles. The smallest absolute Gasteiger partial charge is 0.129 e. The third kappa shape index (κ3) is 3.84. The van der Waals surface area contributed by atoms with Crippen molar-refractivity contribution in [3.63, 3.8) is 0 Å². The highest BCUT2D eigenvalue weighted by Gasteiger charge is 2.10. The zero-order valence-electron chi connectivity index (χ0n) is 12.5. The molecule has 2 rings (SSSR count). The van der Waals surface area contributed by atoms with Gasteiger partial charge in [-0.2, -0.15) is 0 Å². The fourth-order valence-corrected chi connectivity index (χ4v) is 2.20. The van der Waals surface area contributed by atoms with E-state index >= 15 is 0 Å². The maximum atomic E-state index is 5.43. The van der Waals surface area contributed by atoms with Crippen molar-refractivity contribution in [2.24, 2.45) is 0 Å². The Morgan fingerprint density at radius 3 is 2.80 bits per heavy atom. The summed E-state index contributed by atoms with van der Waals surface area (Å²) in [5, 5.41) is 3.36. The summed E-state index contributed by atoms with van der Waals surface area (Å²) < 4.78 is 5.43. The third-order valence-corrected chi connectivity index (χ3v) is 3.21. The molecule has 0 saturated heterocycles. The second-order valence-corrected chi connectivity index (χ2v) is 4.85. The van der Waals surface area contributed by atoms with Crippen molar-refractivity contribution in [1.82, 2.24) is 10.3 Å². The second kappa shape index (κ2) is 7.10. The summed E-state index contributed by atoms with van der Waals surface area (Å²) in [6.45, 7) is 9.80. The van der Waals surface area contributed by atoms with Gasteiger partial charge in [0.25, 0.3) is 0 Å². The largest absolute Gasteiger partial charge is 0.467 e. The first kappa shape index (κ1) is 14.6. The average molecular weight is 273 g/mol. The monoisotopic (exact) mass is 273 g/mol. The molecule has 0 spiro atoms. The van der Waals surface area contributed by atoms with Gasteiger partial charge in [-0.3, -0.25) is 0 Å². The SMILES string of the molecule is CCNCc1cc(C)nc(N(CC)Cc2ccco2)c1. The van der Waals surface area contributed by atoms with Crippen molar-refractivity contribution >= 4 is 5.82 Å². The van der Waals surface area contributed by atoms with Gasteiger partial charge in [0.1, 0.15) is 11.6 Å². The van der Waals surface area contributed by atoms with Gasteiger partial charge in [-0.1, -0.05) is 6.92 Å². The minimum atomic E-state index is 0.751. The Morgan fingerprint density at radius 2 is 2.15 bits per heavy atom. The van der Waals surface area contributed by atoms with Crippen LogP contribution < -0.4 is 10.2 Å². The van der Waals surface area contributed by atoms with Crippen molar-refractivity contribution in [2.75, 3.05) is 18.0 Å². The highest BCUT2D eigenvalue weighted by molar-refractivity contribution is 5.42. The highest BCUT2D eigenvalue weighted by atomic mass is 16.3. The van der Waals surface area contributed by atoms with Crippen LogP contribution in [-0.2, 0) is 13.1 Å². The van der Waals surface area contributed by atoms with Gasteiger partial charge in [-0.25, -0.2) is 4.98 Å². The van der Waals surface area contributed by atoms with Crippen LogP contribution in [0.2, 0.25) is 0 Å². The van der Waals surface area contributed by atoms with E-state index in [1.807, 2.05) is 19.1 Å². The van der Waals surface area contributed by atoms with Crippen molar-refractivity contribution in [1.29, 1.82) is 0 Å². The van der Waals surface area contributed by atoms with Crippen LogP contribution in [0.25, 0.3) is 0 Å². The molecule has 2 heterocycles. The first-order chi connectivity index (χ1) is 9.72. The Labute approximate surface area is 120 Å². The summed E-state index contributed by atoms with van der Waals surface area (Å²) in [7, 11) is 0. The van der Waals surface area contributed by atoms with Gasteiger partial charge in [0.05, 0.1) is 12.8 Å². The molecule has 0 amide bonds.